The Labute approximate surface area is 114 Å². The molecule has 1 aliphatic carbocycles. The first-order chi connectivity index (χ1) is 8.36. The van der Waals surface area contributed by atoms with Crippen LogP contribution in [-0.4, -0.2) is 35.6 Å². The van der Waals surface area contributed by atoms with E-state index in [1.54, 1.807) is 0 Å². The SMILES string of the molecule is CCC1(C)CN(C2CCCC2)C(C(C)(C)C)CN1. The second-order valence-electron chi connectivity index (χ2n) is 7.79. The van der Waals surface area contributed by atoms with Gasteiger partial charge in [-0.3, -0.25) is 4.90 Å². The lowest BCUT2D eigenvalue weighted by atomic mass is 9.80. The molecule has 0 spiro atoms. The molecule has 2 nitrogen and oxygen atoms in total. The van der Waals surface area contributed by atoms with Crippen molar-refractivity contribution in [3.05, 3.63) is 0 Å². The molecular weight excluding hydrogens is 220 g/mol. The minimum Gasteiger partial charge on any atom is -0.309 e. The Bertz CT molecular complexity index is 275. The highest BCUT2D eigenvalue weighted by atomic mass is 15.3. The Kier molecular flexibility index (Phi) is 4.08. The van der Waals surface area contributed by atoms with E-state index in [1.165, 1.54) is 38.6 Å². The molecule has 0 radical (unpaired) electrons. The topological polar surface area (TPSA) is 15.3 Å². The molecule has 1 saturated carbocycles. The van der Waals surface area contributed by atoms with Crippen LogP contribution in [0.4, 0.5) is 0 Å². The summed E-state index contributed by atoms with van der Waals surface area (Å²) in [5.74, 6) is 0. The first-order valence-electron chi connectivity index (χ1n) is 7.86. The Morgan fingerprint density at radius 2 is 1.83 bits per heavy atom. The van der Waals surface area contributed by atoms with E-state index >= 15 is 0 Å². The zero-order chi connectivity index (χ0) is 13.4. The summed E-state index contributed by atoms with van der Waals surface area (Å²) < 4.78 is 0. The molecule has 1 saturated heterocycles. The molecule has 2 fully saturated rings. The van der Waals surface area contributed by atoms with Gasteiger partial charge in [0, 0.05) is 30.7 Å². The Morgan fingerprint density at radius 3 is 2.33 bits per heavy atom. The minimum atomic E-state index is 0.324. The van der Waals surface area contributed by atoms with Gasteiger partial charge in [0.2, 0.25) is 0 Å². The summed E-state index contributed by atoms with van der Waals surface area (Å²) in [5.41, 5.74) is 0.703. The molecule has 18 heavy (non-hydrogen) atoms. The van der Waals surface area contributed by atoms with E-state index in [9.17, 15) is 0 Å². The summed E-state index contributed by atoms with van der Waals surface area (Å²) in [5, 5.41) is 3.81. The van der Waals surface area contributed by atoms with Gasteiger partial charge in [0.05, 0.1) is 0 Å². The molecule has 2 rings (SSSR count). The molecule has 0 aromatic rings. The maximum atomic E-state index is 3.81. The molecule has 106 valence electrons. The summed E-state index contributed by atoms with van der Waals surface area (Å²) in [7, 11) is 0. The average Bonchev–Trinajstić information content (AvgIpc) is 2.80. The molecule has 0 aromatic heterocycles. The molecule has 2 aliphatic rings. The molecular formula is C16H32N2. The fraction of sp³-hybridized carbons (Fsp3) is 1.00. The molecule has 2 heteroatoms. The summed E-state index contributed by atoms with van der Waals surface area (Å²) in [6.07, 6.45) is 6.95. The Hall–Kier alpha value is -0.0800. The van der Waals surface area contributed by atoms with Crippen molar-refractivity contribution >= 4 is 0 Å². The number of nitrogens with zero attached hydrogens (tertiary/aromatic N) is 1. The van der Waals surface area contributed by atoms with Gasteiger partial charge in [-0.15, -0.1) is 0 Å². The predicted octanol–water partition coefficient (Wildman–Crippen LogP) is 3.42. The average molecular weight is 252 g/mol. The zero-order valence-corrected chi connectivity index (χ0v) is 13.1. The van der Waals surface area contributed by atoms with Crippen molar-refractivity contribution in [1.82, 2.24) is 10.2 Å². The van der Waals surface area contributed by atoms with Crippen LogP contribution in [0.15, 0.2) is 0 Å². The van der Waals surface area contributed by atoms with Crippen LogP contribution in [0.5, 0.6) is 0 Å². The third kappa shape index (κ3) is 2.91. The van der Waals surface area contributed by atoms with E-state index < -0.39 is 0 Å². The molecule has 0 aromatic carbocycles. The molecule has 2 atom stereocenters. The number of hydrogen-bond donors (Lipinski definition) is 1. The summed E-state index contributed by atoms with van der Waals surface area (Å²) in [6.45, 7) is 14.3. The standard InChI is InChI=1S/C16H32N2/c1-6-16(5)12-18(13-9-7-8-10-13)14(11-17-16)15(2,3)4/h13-14,17H,6-12H2,1-5H3. The van der Waals surface area contributed by atoms with Crippen molar-refractivity contribution in [3.63, 3.8) is 0 Å². The fourth-order valence-electron chi connectivity index (χ4n) is 3.69. The first-order valence-corrected chi connectivity index (χ1v) is 7.86. The van der Waals surface area contributed by atoms with Crippen LogP contribution in [0, 0.1) is 5.41 Å². The van der Waals surface area contributed by atoms with E-state index in [0.29, 0.717) is 17.0 Å². The first kappa shape index (κ1) is 14.3. The van der Waals surface area contributed by atoms with Crippen LogP contribution >= 0.6 is 0 Å². The van der Waals surface area contributed by atoms with Gasteiger partial charge in [0.1, 0.15) is 0 Å². The lowest BCUT2D eigenvalue weighted by Gasteiger charge is -2.52. The fourth-order valence-corrected chi connectivity index (χ4v) is 3.69. The largest absolute Gasteiger partial charge is 0.309 e. The molecule has 2 unspecified atom stereocenters. The maximum absolute atomic E-state index is 3.81. The Balaban J connectivity index is 2.15. The monoisotopic (exact) mass is 252 g/mol. The minimum absolute atomic E-state index is 0.324. The lowest BCUT2D eigenvalue weighted by molar-refractivity contribution is -0.00308. The second kappa shape index (κ2) is 5.13. The van der Waals surface area contributed by atoms with Crippen LogP contribution in [0.25, 0.3) is 0 Å². The van der Waals surface area contributed by atoms with Crippen LogP contribution < -0.4 is 5.32 Å². The second-order valence-corrected chi connectivity index (χ2v) is 7.79. The van der Waals surface area contributed by atoms with Crippen molar-refractivity contribution in [2.45, 2.75) is 84.3 Å². The lowest BCUT2D eigenvalue weighted by Crippen LogP contribution is -2.67. The van der Waals surface area contributed by atoms with Crippen molar-refractivity contribution in [1.29, 1.82) is 0 Å². The van der Waals surface area contributed by atoms with Gasteiger partial charge in [0.15, 0.2) is 0 Å². The molecule has 0 bridgehead atoms. The number of hydrogen-bond acceptors (Lipinski definition) is 2. The number of nitrogens with one attached hydrogen (secondary N) is 1. The smallest absolute Gasteiger partial charge is 0.0278 e. The highest BCUT2D eigenvalue weighted by Gasteiger charge is 2.42. The predicted molar refractivity (Wildman–Crippen MR) is 78.9 cm³/mol. The van der Waals surface area contributed by atoms with E-state index in [-0.39, 0.29) is 0 Å². The van der Waals surface area contributed by atoms with Crippen LogP contribution in [0.2, 0.25) is 0 Å². The maximum Gasteiger partial charge on any atom is 0.0278 e. The van der Waals surface area contributed by atoms with Gasteiger partial charge < -0.3 is 5.32 Å². The van der Waals surface area contributed by atoms with Gasteiger partial charge in [-0.2, -0.15) is 0 Å². The van der Waals surface area contributed by atoms with Crippen molar-refractivity contribution in [3.8, 4) is 0 Å². The van der Waals surface area contributed by atoms with E-state index in [2.05, 4.69) is 44.8 Å². The summed E-state index contributed by atoms with van der Waals surface area (Å²) in [6, 6.07) is 1.54. The molecule has 1 heterocycles. The van der Waals surface area contributed by atoms with Crippen LogP contribution in [-0.2, 0) is 0 Å². The van der Waals surface area contributed by atoms with Crippen LogP contribution in [0.1, 0.15) is 66.7 Å². The highest BCUT2D eigenvalue weighted by molar-refractivity contribution is 5.00. The van der Waals surface area contributed by atoms with Gasteiger partial charge >= 0.3 is 0 Å². The molecule has 1 aliphatic heterocycles. The molecule has 1 N–H and O–H groups in total. The summed E-state index contributed by atoms with van der Waals surface area (Å²) >= 11 is 0. The van der Waals surface area contributed by atoms with Gasteiger partial charge in [-0.05, 0) is 31.6 Å². The van der Waals surface area contributed by atoms with Crippen molar-refractivity contribution in [2.75, 3.05) is 13.1 Å². The quantitative estimate of drug-likeness (QED) is 0.810. The Morgan fingerprint density at radius 1 is 1.22 bits per heavy atom. The normalized spacial score (nSPS) is 36.2. The van der Waals surface area contributed by atoms with E-state index in [4.69, 9.17) is 0 Å². The van der Waals surface area contributed by atoms with Crippen LogP contribution in [0.3, 0.4) is 0 Å². The van der Waals surface area contributed by atoms with Crippen molar-refractivity contribution in [2.24, 2.45) is 5.41 Å². The third-order valence-electron chi connectivity index (χ3n) is 5.23. The molecule has 0 amide bonds. The van der Waals surface area contributed by atoms with Gasteiger partial charge in [-0.25, -0.2) is 0 Å². The zero-order valence-electron chi connectivity index (χ0n) is 13.1. The van der Waals surface area contributed by atoms with Crippen molar-refractivity contribution < 1.29 is 0 Å². The van der Waals surface area contributed by atoms with Gasteiger partial charge in [0.25, 0.3) is 0 Å². The number of piperazine rings is 1. The summed E-state index contributed by atoms with van der Waals surface area (Å²) in [4.78, 5) is 2.85. The number of rotatable bonds is 2. The third-order valence-corrected chi connectivity index (χ3v) is 5.23. The highest BCUT2D eigenvalue weighted by Crippen LogP contribution is 2.35. The van der Waals surface area contributed by atoms with E-state index in [1.807, 2.05) is 0 Å². The van der Waals surface area contributed by atoms with Gasteiger partial charge in [-0.1, -0.05) is 40.5 Å². The van der Waals surface area contributed by atoms with E-state index in [0.717, 1.165) is 12.6 Å².